The molecule has 0 fully saturated rings. The van der Waals surface area contributed by atoms with Crippen molar-refractivity contribution in [2.24, 2.45) is 0 Å². The van der Waals surface area contributed by atoms with Gasteiger partial charge >= 0.3 is 0 Å². The van der Waals surface area contributed by atoms with Crippen LogP contribution in [-0.2, 0) is 6.42 Å². The van der Waals surface area contributed by atoms with Crippen molar-refractivity contribution in [3.05, 3.63) is 39.3 Å². The van der Waals surface area contributed by atoms with Crippen molar-refractivity contribution in [2.75, 3.05) is 13.2 Å². The number of hydrogen-bond acceptors (Lipinski definition) is 5. The summed E-state index contributed by atoms with van der Waals surface area (Å²) in [6.45, 7) is 0.993. The molecule has 1 aliphatic rings. The average molecular weight is 298 g/mol. The average Bonchev–Trinajstić information content (AvgIpc) is 2.91. The summed E-state index contributed by atoms with van der Waals surface area (Å²) in [6.07, 6.45) is 1.64. The lowest BCUT2D eigenvalue weighted by Gasteiger charge is -2.21. The monoisotopic (exact) mass is 297 g/mol. The number of nitrogens with zero attached hydrogens (tertiary/aromatic N) is 1. The van der Waals surface area contributed by atoms with E-state index in [2.05, 4.69) is 4.98 Å². The van der Waals surface area contributed by atoms with Gasteiger partial charge in [0.25, 0.3) is 0 Å². The van der Waals surface area contributed by atoms with Gasteiger partial charge in [0.05, 0.1) is 16.6 Å². The molecule has 2 heterocycles. The Morgan fingerprint density at radius 2 is 2.21 bits per heavy atom. The first-order chi connectivity index (χ1) is 9.24. The lowest BCUT2D eigenvalue weighted by atomic mass is 10.1. The molecule has 6 heteroatoms. The predicted octanol–water partition coefficient (Wildman–Crippen LogP) is 2.84. The molecule has 19 heavy (non-hydrogen) atoms. The lowest BCUT2D eigenvalue weighted by molar-refractivity contribution is 0.165. The number of rotatable bonds is 3. The van der Waals surface area contributed by atoms with E-state index in [1.807, 2.05) is 0 Å². The van der Waals surface area contributed by atoms with Crippen LogP contribution in [0, 0.1) is 0 Å². The highest BCUT2D eigenvalue weighted by atomic mass is 35.5. The summed E-state index contributed by atoms with van der Waals surface area (Å²) in [7, 11) is 0. The van der Waals surface area contributed by atoms with Crippen molar-refractivity contribution >= 4 is 22.9 Å². The molecule has 1 aliphatic heterocycles. The zero-order valence-corrected chi connectivity index (χ0v) is 11.6. The third-order valence-electron chi connectivity index (χ3n) is 2.88. The molecule has 0 amide bonds. The number of aromatic nitrogens is 1. The summed E-state index contributed by atoms with van der Waals surface area (Å²) in [5.74, 6) is 1.15. The van der Waals surface area contributed by atoms with Crippen LogP contribution in [-0.4, -0.2) is 23.3 Å². The number of aliphatic hydroxyl groups excluding tert-OH is 1. The minimum Gasteiger partial charge on any atom is -0.486 e. The SMILES string of the molecule is OC(Cc1cncs1)c1cc(Cl)c2c(c1)OCCO2. The molecule has 0 radical (unpaired) electrons. The van der Waals surface area contributed by atoms with E-state index in [1.54, 1.807) is 23.8 Å². The van der Waals surface area contributed by atoms with E-state index < -0.39 is 6.10 Å². The fourth-order valence-corrected chi connectivity index (χ4v) is 2.88. The van der Waals surface area contributed by atoms with E-state index in [0.29, 0.717) is 36.2 Å². The van der Waals surface area contributed by atoms with Crippen LogP contribution in [0.2, 0.25) is 5.02 Å². The molecule has 1 N–H and O–H groups in total. The number of fused-ring (bicyclic) bond motifs is 1. The molecule has 0 bridgehead atoms. The molecule has 100 valence electrons. The molecular weight excluding hydrogens is 286 g/mol. The maximum absolute atomic E-state index is 10.2. The highest BCUT2D eigenvalue weighted by Gasteiger charge is 2.19. The second-order valence-corrected chi connectivity index (χ2v) is 5.59. The van der Waals surface area contributed by atoms with Gasteiger partial charge < -0.3 is 14.6 Å². The minimum absolute atomic E-state index is 0.468. The zero-order chi connectivity index (χ0) is 13.2. The van der Waals surface area contributed by atoms with Gasteiger partial charge in [-0.15, -0.1) is 11.3 Å². The molecule has 4 nitrogen and oxygen atoms in total. The highest BCUT2D eigenvalue weighted by molar-refractivity contribution is 7.09. The van der Waals surface area contributed by atoms with Crippen LogP contribution in [0.5, 0.6) is 11.5 Å². The van der Waals surface area contributed by atoms with Gasteiger partial charge in [-0.2, -0.15) is 0 Å². The third-order valence-corrected chi connectivity index (χ3v) is 3.96. The molecule has 0 saturated carbocycles. The van der Waals surface area contributed by atoms with E-state index in [9.17, 15) is 5.11 Å². The first kappa shape index (κ1) is 12.7. The fourth-order valence-electron chi connectivity index (χ4n) is 1.97. The molecule has 0 spiro atoms. The Bertz CT molecular complexity index is 574. The molecule has 0 aliphatic carbocycles. The summed E-state index contributed by atoms with van der Waals surface area (Å²) in [5.41, 5.74) is 2.47. The summed E-state index contributed by atoms with van der Waals surface area (Å²) in [4.78, 5) is 5.02. The van der Waals surface area contributed by atoms with Crippen LogP contribution in [0.1, 0.15) is 16.5 Å². The first-order valence-electron chi connectivity index (χ1n) is 5.88. The number of aliphatic hydroxyl groups is 1. The van der Waals surface area contributed by atoms with E-state index in [0.717, 1.165) is 10.4 Å². The van der Waals surface area contributed by atoms with Crippen LogP contribution in [0.25, 0.3) is 0 Å². The summed E-state index contributed by atoms with van der Waals surface area (Å²) < 4.78 is 10.9. The Labute approximate surface area is 119 Å². The molecule has 0 saturated heterocycles. The van der Waals surface area contributed by atoms with Crippen LogP contribution in [0.15, 0.2) is 23.8 Å². The van der Waals surface area contributed by atoms with Crippen LogP contribution in [0.4, 0.5) is 0 Å². The normalized spacial score (nSPS) is 15.3. The van der Waals surface area contributed by atoms with E-state index in [4.69, 9.17) is 21.1 Å². The fraction of sp³-hybridized carbons (Fsp3) is 0.308. The van der Waals surface area contributed by atoms with Gasteiger partial charge in [0.1, 0.15) is 13.2 Å². The second-order valence-electron chi connectivity index (χ2n) is 4.21. The Balaban J connectivity index is 1.86. The molecule has 1 aromatic carbocycles. The standard InChI is InChI=1S/C13H12ClNO3S/c14-10-3-8(4-12-13(10)18-2-1-17-12)11(16)5-9-6-15-7-19-9/h3-4,6-7,11,16H,1-2,5H2. The van der Waals surface area contributed by atoms with Crippen molar-refractivity contribution < 1.29 is 14.6 Å². The van der Waals surface area contributed by atoms with Crippen molar-refractivity contribution in [1.29, 1.82) is 0 Å². The Kier molecular flexibility index (Phi) is 3.59. The smallest absolute Gasteiger partial charge is 0.179 e. The van der Waals surface area contributed by atoms with Crippen molar-refractivity contribution in [3.63, 3.8) is 0 Å². The Morgan fingerprint density at radius 1 is 1.37 bits per heavy atom. The van der Waals surface area contributed by atoms with Crippen molar-refractivity contribution in [3.8, 4) is 11.5 Å². The number of ether oxygens (including phenoxy) is 2. The number of thiazole rings is 1. The second kappa shape index (κ2) is 5.36. The molecule has 3 rings (SSSR count). The van der Waals surface area contributed by atoms with Gasteiger partial charge in [0.15, 0.2) is 11.5 Å². The number of hydrogen-bond donors (Lipinski definition) is 1. The molecule has 2 aromatic rings. The maximum atomic E-state index is 10.2. The van der Waals surface area contributed by atoms with Crippen LogP contribution < -0.4 is 9.47 Å². The molecule has 1 unspecified atom stereocenters. The molecule has 1 atom stereocenters. The molecular formula is C13H12ClNO3S. The Morgan fingerprint density at radius 3 is 3.00 bits per heavy atom. The van der Waals surface area contributed by atoms with Gasteiger partial charge in [-0.25, -0.2) is 0 Å². The van der Waals surface area contributed by atoms with Crippen LogP contribution in [0.3, 0.4) is 0 Å². The van der Waals surface area contributed by atoms with E-state index >= 15 is 0 Å². The lowest BCUT2D eigenvalue weighted by Crippen LogP contribution is -2.16. The van der Waals surface area contributed by atoms with Crippen LogP contribution >= 0.6 is 22.9 Å². The van der Waals surface area contributed by atoms with E-state index in [1.165, 1.54) is 11.3 Å². The predicted molar refractivity (Wildman–Crippen MR) is 73.2 cm³/mol. The first-order valence-corrected chi connectivity index (χ1v) is 7.14. The van der Waals surface area contributed by atoms with Gasteiger partial charge in [0.2, 0.25) is 0 Å². The van der Waals surface area contributed by atoms with Gasteiger partial charge in [0, 0.05) is 17.5 Å². The van der Waals surface area contributed by atoms with Crippen molar-refractivity contribution in [1.82, 2.24) is 4.98 Å². The summed E-state index contributed by atoms with van der Waals surface area (Å²) in [5, 5.41) is 10.7. The highest BCUT2D eigenvalue weighted by Crippen LogP contribution is 2.40. The van der Waals surface area contributed by atoms with Gasteiger partial charge in [-0.3, -0.25) is 4.98 Å². The summed E-state index contributed by atoms with van der Waals surface area (Å²) >= 11 is 7.67. The largest absolute Gasteiger partial charge is 0.486 e. The van der Waals surface area contributed by atoms with Crippen molar-refractivity contribution in [2.45, 2.75) is 12.5 Å². The Hall–Kier alpha value is -1.30. The number of benzene rings is 1. The third kappa shape index (κ3) is 2.68. The number of halogens is 1. The van der Waals surface area contributed by atoms with Gasteiger partial charge in [-0.1, -0.05) is 11.6 Å². The maximum Gasteiger partial charge on any atom is 0.179 e. The zero-order valence-electron chi connectivity index (χ0n) is 10.0. The topological polar surface area (TPSA) is 51.6 Å². The van der Waals surface area contributed by atoms with E-state index in [-0.39, 0.29) is 0 Å². The van der Waals surface area contributed by atoms with Gasteiger partial charge in [-0.05, 0) is 17.7 Å². The minimum atomic E-state index is -0.631. The quantitative estimate of drug-likeness (QED) is 0.946. The summed E-state index contributed by atoms with van der Waals surface area (Å²) in [6, 6.07) is 3.51. The molecule has 1 aromatic heterocycles.